The molecule has 1 aromatic heterocycles. The van der Waals surface area contributed by atoms with Gasteiger partial charge in [0.05, 0.1) is 6.20 Å². The van der Waals surface area contributed by atoms with Crippen LogP contribution in [0.4, 0.5) is 11.4 Å². The van der Waals surface area contributed by atoms with Crippen LogP contribution in [0, 0.1) is 0 Å². The number of Topliss-reactive ketones (excluding diaryl/α,β-unsaturated/α-hetero) is 1. The highest BCUT2D eigenvalue weighted by atomic mass is 16.1. The summed E-state index contributed by atoms with van der Waals surface area (Å²) >= 11 is 0. The van der Waals surface area contributed by atoms with Gasteiger partial charge in [0.2, 0.25) is 0 Å². The van der Waals surface area contributed by atoms with Gasteiger partial charge in [-0.1, -0.05) is 0 Å². The molecule has 0 aliphatic rings. The maximum atomic E-state index is 11.3. The van der Waals surface area contributed by atoms with Crippen LogP contribution in [-0.4, -0.2) is 16.0 Å². The smallest absolute Gasteiger partial charge is 0.161 e. The van der Waals surface area contributed by atoms with E-state index < -0.39 is 0 Å². The molecule has 2 aromatic rings. The van der Waals surface area contributed by atoms with Gasteiger partial charge in [-0.25, -0.2) is 0 Å². The molecule has 0 aliphatic carbocycles. The number of carbonyl (C=O) groups is 1. The Balaban J connectivity index is 2.11. The fourth-order valence-electron chi connectivity index (χ4n) is 1.55. The fourth-order valence-corrected chi connectivity index (χ4v) is 1.55. The third-order valence-electron chi connectivity index (χ3n) is 2.48. The van der Waals surface area contributed by atoms with Crippen LogP contribution in [0.5, 0.6) is 0 Å². The number of nitrogens with two attached hydrogens (primary N) is 1. The van der Waals surface area contributed by atoms with Gasteiger partial charge in [-0.3, -0.25) is 9.89 Å². The zero-order valence-electron chi connectivity index (χ0n) is 9.53. The first-order valence-corrected chi connectivity index (χ1v) is 5.29. The lowest BCUT2D eigenvalue weighted by Gasteiger charge is -2.08. The second kappa shape index (κ2) is 4.69. The molecule has 0 aliphatic heterocycles. The third kappa shape index (κ3) is 2.63. The van der Waals surface area contributed by atoms with E-state index in [9.17, 15) is 4.79 Å². The molecule has 5 heteroatoms. The summed E-state index contributed by atoms with van der Waals surface area (Å²) < 4.78 is 0. The number of nitrogen functional groups attached to an aromatic ring is 1. The molecule has 1 heterocycles. The topological polar surface area (TPSA) is 83.8 Å². The van der Waals surface area contributed by atoms with Gasteiger partial charge in [0, 0.05) is 35.2 Å². The molecule has 2 rings (SSSR count). The summed E-state index contributed by atoms with van der Waals surface area (Å²) in [5, 5.41) is 9.80. The minimum absolute atomic E-state index is 0.0329. The first kappa shape index (κ1) is 11.2. The lowest BCUT2D eigenvalue weighted by molar-refractivity contribution is 0.101. The van der Waals surface area contributed by atoms with Gasteiger partial charge >= 0.3 is 0 Å². The van der Waals surface area contributed by atoms with E-state index >= 15 is 0 Å². The fraction of sp³-hybridized carbons (Fsp3) is 0.167. The monoisotopic (exact) mass is 230 g/mol. The van der Waals surface area contributed by atoms with E-state index in [0.717, 1.165) is 11.3 Å². The first-order chi connectivity index (χ1) is 8.16. The second-order valence-corrected chi connectivity index (χ2v) is 3.82. The Hall–Kier alpha value is -2.30. The predicted octanol–water partition coefficient (Wildman–Crippen LogP) is 1.81. The van der Waals surface area contributed by atoms with Gasteiger partial charge in [-0.15, -0.1) is 0 Å². The van der Waals surface area contributed by atoms with Crippen LogP contribution in [0.15, 0.2) is 30.6 Å². The third-order valence-corrected chi connectivity index (χ3v) is 2.48. The van der Waals surface area contributed by atoms with Crippen LogP contribution in [0.2, 0.25) is 0 Å². The van der Waals surface area contributed by atoms with Crippen molar-refractivity contribution in [3.05, 3.63) is 41.7 Å². The molecule has 5 nitrogen and oxygen atoms in total. The van der Waals surface area contributed by atoms with Crippen molar-refractivity contribution in [3.63, 3.8) is 0 Å². The number of hydrogen-bond donors (Lipinski definition) is 3. The summed E-state index contributed by atoms with van der Waals surface area (Å²) in [5.74, 6) is -0.0329. The second-order valence-electron chi connectivity index (χ2n) is 3.82. The van der Waals surface area contributed by atoms with Gasteiger partial charge in [0.15, 0.2) is 5.78 Å². The predicted molar refractivity (Wildman–Crippen MR) is 66.8 cm³/mol. The summed E-state index contributed by atoms with van der Waals surface area (Å²) in [6.07, 6.45) is 3.56. The number of rotatable bonds is 4. The van der Waals surface area contributed by atoms with Crippen LogP contribution in [0.1, 0.15) is 22.8 Å². The van der Waals surface area contributed by atoms with Crippen molar-refractivity contribution >= 4 is 17.2 Å². The largest absolute Gasteiger partial charge is 0.398 e. The summed E-state index contributed by atoms with van der Waals surface area (Å²) in [5.41, 5.74) is 8.68. The Morgan fingerprint density at radius 3 is 3.00 bits per heavy atom. The zero-order chi connectivity index (χ0) is 12.3. The van der Waals surface area contributed by atoms with Gasteiger partial charge < -0.3 is 11.1 Å². The normalized spacial score (nSPS) is 10.2. The first-order valence-electron chi connectivity index (χ1n) is 5.29. The van der Waals surface area contributed by atoms with Crippen molar-refractivity contribution in [1.29, 1.82) is 0 Å². The van der Waals surface area contributed by atoms with E-state index in [1.807, 2.05) is 12.3 Å². The average Bonchev–Trinajstić information content (AvgIpc) is 2.80. The van der Waals surface area contributed by atoms with Crippen LogP contribution in [-0.2, 0) is 6.54 Å². The number of carbonyl (C=O) groups excluding carboxylic acids is 1. The van der Waals surface area contributed by atoms with E-state index in [4.69, 9.17) is 5.73 Å². The van der Waals surface area contributed by atoms with Crippen molar-refractivity contribution in [2.75, 3.05) is 11.1 Å². The molecule has 0 atom stereocenters. The van der Waals surface area contributed by atoms with Crippen LogP contribution < -0.4 is 11.1 Å². The molecule has 0 saturated heterocycles. The van der Waals surface area contributed by atoms with E-state index in [-0.39, 0.29) is 5.78 Å². The molecule has 17 heavy (non-hydrogen) atoms. The van der Waals surface area contributed by atoms with Crippen molar-refractivity contribution in [2.24, 2.45) is 0 Å². The number of nitrogens with zero attached hydrogens (tertiary/aromatic N) is 1. The number of benzene rings is 1. The number of nitrogens with one attached hydrogen (secondary N) is 2. The Kier molecular flexibility index (Phi) is 3.09. The van der Waals surface area contributed by atoms with E-state index in [0.29, 0.717) is 17.8 Å². The average molecular weight is 230 g/mol. The molecule has 0 radical (unpaired) electrons. The molecule has 0 amide bonds. The number of hydrogen-bond acceptors (Lipinski definition) is 4. The quantitative estimate of drug-likeness (QED) is 0.552. The summed E-state index contributed by atoms with van der Waals surface area (Å²) in [6, 6.07) is 5.34. The van der Waals surface area contributed by atoms with E-state index in [1.165, 1.54) is 6.92 Å². The lowest BCUT2D eigenvalue weighted by atomic mass is 10.1. The molecular formula is C12H14N4O. The number of H-pyrrole nitrogens is 1. The number of ketones is 1. The van der Waals surface area contributed by atoms with Crippen molar-refractivity contribution in [2.45, 2.75) is 13.5 Å². The standard InChI is InChI=1S/C12H14N4O/c1-8(17)11-4-10(2-3-12(11)13)14-5-9-6-15-16-7-9/h2-4,6-7,14H,5,13H2,1H3,(H,15,16). The zero-order valence-corrected chi connectivity index (χ0v) is 9.53. The number of anilines is 2. The van der Waals surface area contributed by atoms with Crippen LogP contribution in [0.25, 0.3) is 0 Å². The summed E-state index contributed by atoms with van der Waals surface area (Å²) in [4.78, 5) is 11.3. The summed E-state index contributed by atoms with van der Waals surface area (Å²) in [7, 11) is 0. The maximum Gasteiger partial charge on any atom is 0.161 e. The highest BCUT2D eigenvalue weighted by Crippen LogP contribution is 2.18. The molecule has 0 unspecified atom stereocenters. The minimum atomic E-state index is -0.0329. The lowest BCUT2D eigenvalue weighted by Crippen LogP contribution is -2.03. The van der Waals surface area contributed by atoms with E-state index in [1.54, 1.807) is 18.3 Å². The Bertz CT molecular complexity index is 519. The highest BCUT2D eigenvalue weighted by molar-refractivity contribution is 5.99. The molecule has 0 bridgehead atoms. The van der Waals surface area contributed by atoms with Gasteiger partial charge in [-0.05, 0) is 25.1 Å². The molecule has 0 fully saturated rings. The molecule has 1 aromatic carbocycles. The Morgan fingerprint density at radius 1 is 1.53 bits per heavy atom. The maximum absolute atomic E-state index is 11.3. The minimum Gasteiger partial charge on any atom is -0.398 e. The molecule has 4 N–H and O–H groups in total. The van der Waals surface area contributed by atoms with Gasteiger partial charge in [-0.2, -0.15) is 5.10 Å². The molecule has 88 valence electrons. The van der Waals surface area contributed by atoms with Gasteiger partial charge in [0.1, 0.15) is 0 Å². The number of aromatic nitrogens is 2. The Morgan fingerprint density at radius 2 is 2.35 bits per heavy atom. The van der Waals surface area contributed by atoms with Crippen LogP contribution >= 0.6 is 0 Å². The molecule has 0 spiro atoms. The molecule has 0 saturated carbocycles. The highest BCUT2D eigenvalue weighted by Gasteiger charge is 2.05. The van der Waals surface area contributed by atoms with E-state index in [2.05, 4.69) is 15.5 Å². The molecular weight excluding hydrogens is 216 g/mol. The summed E-state index contributed by atoms with van der Waals surface area (Å²) in [6.45, 7) is 2.16. The van der Waals surface area contributed by atoms with Crippen molar-refractivity contribution < 1.29 is 4.79 Å². The van der Waals surface area contributed by atoms with Crippen LogP contribution in [0.3, 0.4) is 0 Å². The number of aromatic amines is 1. The van der Waals surface area contributed by atoms with Crippen molar-refractivity contribution in [3.8, 4) is 0 Å². The van der Waals surface area contributed by atoms with Crippen molar-refractivity contribution in [1.82, 2.24) is 10.2 Å². The van der Waals surface area contributed by atoms with Gasteiger partial charge in [0.25, 0.3) is 0 Å². The Labute approximate surface area is 99.0 Å². The SMILES string of the molecule is CC(=O)c1cc(NCc2cn[nH]c2)ccc1N.